The number of benzene rings is 1. The van der Waals surface area contributed by atoms with Crippen molar-refractivity contribution in [2.45, 2.75) is 32.1 Å². The molecule has 0 saturated heterocycles. The summed E-state index contributed by atoms with van der Waals surface area (Å²) in [7, 11) is 0. The molecule has 0 heterocycles. The van der Waals surface area contributed by atoms with E-state index in [1.165, 1.54) is 12.1 Å². The monoisotopic (exact) mass is 352 g/mol. The third kappa shape index (κ3) is 10.6. The quantitative estimate of drug-likeness (QED) is 0.271. The van der Waals surface area contributed by atoms with Crippen LogP contribution in [0, 0.1) is 0 Å². The summed E-state index contributed by atoms with van der Waals surface area (Å²) >= 11 is 0. The van der Waals surface area contributed by atoms with E-state index in [0.29, 0.717) is 12.1 Å². The predicted octanol–water partition coefficient (Wildman–Crippen LogP) is 0.455. The molecule has 0 spiro atoms. The maximum Gasteiger partial charge on any atom is 0.224 e. The van der Waals surface area contributed by atoms with Crippen molar-refractivity contribution in [2.75, 3.05) is 39.3 Å². The minimum atomic E-state index is -0.135. The molecular weight excluding hydrogens is 320 g/mol. The number of nitrogens with one attached hydrogen (secondary N) is 3. The summed E-state index contributed by atoms with van der Waals surface area (Å²) in [6.45, 7) is 5.21. The van der Waals surface area contributed by atoms with Gasteiger partial charge in [0, 0.05) is 18.2 Å². The number of hydrogen-bond donors (Lipinski definition) is 6. The normalized spacial score (nSPS) is 10.8. The molecule has 7 N–H and O–H groups in total. The van der Waals surface area contributed by atoms with E-state index in [4.69, 9.17) is 5.73 Å². The fourth-order valence-corrected chi connectivity index (χ4v) is 2.36. The maximum absolute atomic E-state index is 11.8. The van der Waals surface area contributed by atoms with Crippen molar-refractivity contribution in [3.8, 4) is 11.5 Å². The average molecular weight is 352 g/mol. The molecule has 0 aliphatic heterocycles. The molecule has 7 nitrogen and oxygen atoms in total. The van der Waals surface area contributed by atoms with Crippen LogP contribution in [0.15, 0.2) is 18.2 Å². The first kappa shape index (κ1) is 21.2. The van der Waals surface area contributed by atoms with Crippen molar-refractivity contribution in [2.24, 2.45) is 5.73 Å². The summed E-state index contributed by atoms with van der Waals surface area (Å²) in [5.41, 5.74) is 5.93. The Kier molecular flexibility index (Phi) is 11.4. The number of amides is 1. The average Bonchev–Trinajstić information content (AvgIpc) is 2.58. The zero-order valence-corrected chi connectivity index (χ0v) is 14.9. The summed E-state index contributed by atoms with van der Waals surface area (Å²) in [5, 5.41) is 28.4. The van der Waals surface area contributed by atoms with E-state index >= 15 is 0 Å². The minimum absolute atomic E-state index is 0.0147. The van der Waals surface area contributed by atoms with Crippen molar-refractivity contribution < 1.29 is 15.0 Å². The van der Waals surface area contributed by atoms with Gasteiger partial charge in [-0.1, -0.05) is 6.07 Å². The standard InChI is InChI=1S/C18H32N4O3/c19-7-3-10-20-8-1-2-9-21-11-4-12-22-18(25)13-15-5-6-16(23)14-17(15)24/h5-6,14,20-21,23-24H,1-4,7-13,19H2,(H,22,25). The third-order valence-corrected chi connectivity index (χ3v) is 3.79. The van der Waals surface area contributed by atoms with Crippen molar-refractivity contribution in [1.82, 2.24) is 16.0 Å². The van der Waals surface area contributed by atoms with Gasteiger partial charge in [0.1, 0.15) is 11.5 Å². The van der Waals surface area contributed by atoms with Gasteiger partial charge in [-0.05, 0) is 64.5 Å². The highest BCUT2D eigenvalue weighted by Crippen LogP contribution is 2.22. The van der Waals surface area contributed by atoms with Crippen LogP contribution in [0.25, 0.3) is 0 Å². The fraction of sp³-hybridized carbons (Fsp3) is 0.611. The Morgan fingerprint density at radius 2 is 1.56 bits per heavy atom. The molecular formula is C18H32N4O3. The van der Waals surface area contributed by atoms with Gasteiger partial charge >= 0.3 is 0 Å². The Bertz CT molecular complexity index is 497. The van der Waals surface area contributed by atoms with Crippen molar-refractivity contribution >= 4 is 5.91 Å². The molecule has 0 unspecified atom stereocenters. The number of rotatable bonds is 14. The Labute approximate surface area is 150 Å². The number of carbonyl (C=O) groups is 1. The predicted molar refractivity (Wildman–Crippen MR) is 99.7 cm³/mol. The van der Waals surface area contributed by atoms with E-state index in [2.05, 4.69) is 16.0 Å². The molecule has 0 aromatic heterocycles. The van der Waals surface area contributed by atoms with E-state index < -0.39 is 0 Å². The highest BCUT2D eigenvalue weighted by Gasteiger charge is 2.07. The van der Waals surface area contributed by atoms with Gasteiger partial charge in [-0.25, -0.2) is 0 Å². The molecule has 0 fully saturated rings. The third-order valence-electron chi connectivity index (χ3n) is 3.79. The zero-order valence-electron chi connectivity index (χ0n) is 14.9. The van der Waals surface area contributed by atoms with Gasteiger partial charge in [-0.2, -0.15) is 0 Å². The molecule has 0 radical (unpaired) electrons. The van der Waals surface area contributed by atoms with Crippen LogP contribution in [0.1, 0.15) is 31.2 Å². The van der Waals surface area contributed by atoms with Gasteiger partial charge in [0.05, 0.1) is 6.42 Å². The Balaban J connectivity index is 1.95. The number of phenols is 2. The Morgan fingerprint density at radius 3 is 2.20 bits per heavy atom. The molecule has 7 heteroatoms. The molecule has 142 valence electrons. The lowest BCUT2D eigenvalue weighted by Gasteiger charge is -2.08. The van der Waals surface area contributed by atoms with E-state index in [0.717, 1.165) is 58.4 Å². The lowest BCUT2D eigenvalue weighted by Crippen LogP contribution is -2.29. The number of aromatic hydroxyl groups is 2. The van der Waals surface area contributed by atoms with Crippen LogP contribution < -0.4 is 21.7 Å². The van der Waals surface area contributed by atoms with Crippen molar-refractivity contribution in [3.63, 3.8) is 0 Å². The first-order valence-corrected chi connectivity index (χ1v) is 9.02. The molecule has 1 aromatic carbocycles. The second-order valence-electron chi connectivity index (χ2n) is 6.04. The van der Waals surface area contributed by atoms with E-state index in [1.54, 1.807) is 6.07 Å². The number of phenolic OH excluding ortho intramolecular Hbond substituents is 2. The molecule has 1 rings (SSSR count). The van der Waals surface area contributed by atoms with Crippen LogP contribution in [0.2, 0.25) is 0 Å². The molecule has 0 aliphatic carbocycles. The SMILES string of the molecule is NCCCNCCCCNCCCNC(=O)Cc1ccc(O)cc1O. The molecule has 25 heavy (non-hydrogen) atoms. The summed E-state index contributed by atoms with van der Waals surface area (Å²) in [5.74, 6) is -0.210. The summed E-state index contributed by atoms with van der Waals surface area (Å²) in [4.78, 5) is 11.8. The largest absolute Gasteiger partial charge is 0.508 e. The number of carbonyl (C=O) groups excluding carboxylic acids is 1. The number of unbranched alkanes of at least 4 members (excludes halogenated alkanes) is 1. The maximum atomic E-state index is 11.8. The molecule has 0 atom stereocenters. The molecule has 1 amide bonds. The smallest absolute Gasteiger partial charge is 0.224 e. The van der Waals surface area contributed by atoms with Crippen LogP contribution in [0.5, 0.6) is 11.5 Å². The summed E-state index contributed by atoms with van der Waals surface area (Å²) in [6, 6.07) is 4.25. The molecule has 0 saturated carbocycles. The van der Waals surface area contributed by atoms with E-state index in [-0.39, 0.29) is 23.8 Å². The van der Waals surface area contributed by atoms with E-state index in [1.807, 2.05) is 0 Å². The highest BCUT2D eigenvalue weighted by atomic mass is 16.3. The lowest BCUT2D eigenvalue weighted by molar-refractivity contribution is -0.120. The topological polar surface area (TPSA) is 120 Å². The summed E-state index contributed by atoms with van der Waals surface area (Å²) < 4.78 is 0. The van der Waals surface area contributed by atoms with Crippen LogP contribution in [0.4, 0.5) is 0 Å². The molecule has 0 aliphatic rings. The van der Waals surface area contributed by atoms with Gasteiger partial charge in [-0.3, -0.25) is 4.79 Å². The fourth-order valence-electron chi connectivity index (χ4n) is 2.36. The Morgan fingerprint density at radius 1 is 0.920 bits per heavy atom. The lowest BCUT2D eigenvalue weighted by atomic mass is 10.1. The zero-order chi connectivity index (χ0) is 18.3. The first-order valence-electron chi connectivity index (χ1n) is 9.02. The summed E-state index contributed by atoms with van der Waals surface area (Å²) in [6.07, 6.45) is 4.27. The second kappa shape index (κ2) is 13.5. The first-order chi connectivity index (χ1) is 12.1. The number of nitrogens with two attached hydrogens (primary N) is 1. The van der Waals surface area contributed by atoms with Crippen molar-refractivity contribution in [3.05, 3.63) is 23.8 Å². The van der Waals surface area contributed by atoms with Crippen LogP contribution >= 0.6 is 0 Å². The van der Waals surface area contributed by atoms with Crippen molar-refractivity contribution in [1.29, 1.82) is 0 Å². The van der Waals surface area contributed by atoms with Crippen LogP contribution in [-0.2, 0) is 11.2 Å². The van der Waals surface area contributed by atoms with Gasteiger partial charge in [0.15, 0.2) is 0 Å². The van der Waals surface area contributed by atoms with Gasteiger partial charge in [0.2, 0.25) is 5.91 Å². The highest BCUT2D eigenvalue weighted by molar-refractivity contribution is 5.79. The van der Waals surface area contributed by atoms with Gasteiger partial charge in [0.25, 0.3) is 0 Å². The Hall–Kier alpha value is -1.83. The minimum Gasteiger partial charge on any atom is -0.508 e. The van der Waals surface area contributed by atoms with Crippen LogP contribution in [-0.4, -0.2) is 55.4 Å². The van der Waals surface area contributed by atoms with E-state index in [9.17, 15) is 15.0 Å². The van der Waals surface area contributed by atoms with Gasteiger partial charge in [-0.15, -0.1) is 0 Å². The molecule has 1 aromatic rings. The second-order valence-corrected chi connectivity index (χ2v) is 6.04. The van der Waals surface area contributed by atoms with Gasteiger partial charge < -0.3 is 31.9 Å². The molecule has 0 bridgehead atoms. The number of hydrogen-bond acceptors (Lipinski definition) is 6. The van der Waals surface area contributed by atoms with Crippen LogP contribution in [0.3, 0.4) is 0 Å².